The van der Waals surface area contributed by atoms with Gasteiger partial charge in [-0.3, -0.25) is 0 Å². The molecule has 0 bridgehead atoms. The van der Waals surface area contributed by atoms with Crippen molar-refractivity contribution in [1.29, 1.82) is 0 Å². The number of likely N-dealkylation sites (N-methyl/N-ethyl adjacent to an activating group) is 1. The van der Waals surface area contributed by atoms with Crippen LogP contribution in [0.3, 0.4) is 0 Å². The van der Waals surface area contributed by atoms with Crippen LogP contribution in [0.5, 0.6) is 5.75 Å². The first kappa shape index (κ1) is 18.9. The summed E-state index contributed by atoms with van der Waals surface area (Å²) < 4.78 is 33.6. The summed E-state index contributed by atoms with van der Waals surface area (Å²) in [5.74, 6) is 0.760. The summed E-state index contributed by atoms with van der Waals surface area (Å²) in [5, 5.41) is 0. The van der Waals surface area contributed by atoms with Crippen LogP contribution in [0.1, 0.15) is 29.2 Å². The van der Waals surface area contributed by atoms with Gasteiger partial charge in [0.05, 0.1) is 12.0 Å². The number of aryl methyl sites for hydroxylation is 2. The van der Waals surface area contributed by atoms with Crippen molar-refractivity contribution in [2.24, 2.45) is 0 Å². The van der Waals surface area contributed by atoms with Gasteiger partial charge >= 0.3 is 0 Å². The maximum Gasteiger partial charge on any atom is 0.240 e. The first-order valence-corrected chi connectivity index (χ1v) is 10.3. The minimum atomic E-state index is -3.54. The Balaban J connectivity index is 1.78. The average molecular weight is 375 g/mol. The van der Waals surface area contributed by atoms with Crippen molar-refractivity contribution in [3.8, 4) is 5.75 Å². The van der Waals surface area contributed by atoms with Crippen LogP contribution in [0.4, 0.5) is 0 Å². The lowest BCUT2D eigenvalue weighted by molar-refractivity contribution is 0.298. The summed E-state index contributed by atoms with van der Waals surface area (Å²) in [6, 6.07) is 13.1. The Morgan fingerprint density at radius 2 is 1.88 bits per heavy atom. The largest absolute Gasteiger partial charge is 0.497 e. The van der Waals surface area contributed by atoms with E-state index in [4.69, 9.17) is 4.74 Å². The Morgan fingerprint density at radius 3 is 2.62 bits per heavy atom. The van der Waals surface area contributed by atoms with E-state index >= 15 is 0 Å². The monoisotopic (exact) mass is 374 g/mol. The molecule has 0 saturated carbocycles. The molecule has 0 spiro atoms. The van der Waals surface area contributed by atoms with Crippen LogP contribution in [0, 0.1) is 0 Å². The molecule has 0 unspecified atom stereocenters. The smallest absolute Gasteiger partial charge is 0.240 e. The summed E-state index contributed by atoms with van der Waals surface area (Å²) in [4.78, 5) is 2.35. The molecule has 0 fully saturated rings. The van der Waals surface area contributed by atoms with E-state index in [1.54, 1.807) is 13.2 Å². The number of hydrogen-bond acceptors (Lipinski definition) is 4. The maximum atomic E-state index is 12.8. The zero-order chi connectivity index (χ0) is 18.7. The molecule has 0 amide bonds. The molecule has 1 N–H and O–H groups in total. The molecule has 2 aromatic carbocycles. The lowest BCUT2D eigenvalue weighted by Gasteiger charge is -2.25. The summed E-state index contributed by atoms with van der Waals surface area (Å²) in [5.41, 5.74) is 3.43. The van der Waals surface area contributed by atoms with E-state index in [1.165, 1.54) is 5.56 Å². The molecule has 140 valence electrons. The number of nitrogens with one attached hydrogen (secondary N) is 1. The summed E-state index contributed by atoms with van der Waals surface area (Å²) >= 11 is 0. The van der Waals surface area contributed by atoms with Crippen LogP contribution >= 0.6 is 0 Å². The third kappa shape index (κ3) is 4.09. The van der Waals surface area contributed by atoms with E-state index in [2.05, 4.69) is 4.72 Å². The number of hydrogen-bond donors (Lipinski definition) is 1. The molecule has 1 atom stereocenters. The maximum absolute atomic E-state index is 12.8. The van der Waals surface area contributed by atoms with E-state index in [0.717, 1.165) is 36.1 Å². The summed E-state index contributed by atoms with van der Waals surface area (Å²) in [6.45, 7) is 0.291. The van der Waals surface area contributed by atoms with Crippen molar-refractivity contribution in [2.45, 2.75) is 30.2 Å². The van der Waals surface area contributed by atoms with E-state index in [-0.39, 0.29) is 6.04 Å². The molecule has 0 heterocycles. The zero-order valence-corrected chi connectivity index (χ0v) is 16.3. The molecule has 0 aromatic heterocycles. The van der Waals surface area contributed by atoms with E-state index in [0.29, 0.717) is 11.4 Å². The number of methoxy groups -OCH3 is 1. The SMILES string of the molecule is COc1cccc([C@@H](CNS(=O)(=O)c2ccc3c(c2)CCC3)N(C)C)c1. The van der Waals surface area contributed by atoms with Crippen molar-refractivity contribution in [1.82, 2.24) is 9.62 Å². The molecule has 1 aliphatic carbocycles. The van der Waals surface area contributed by atoms with Crippen molar-refractivity contribution in [3.05, 3.63) is 59.2 Å². The molecule has 0 aliphatic heterocycles. The fourth-order valence-corrected chi connectivity index (χ4v) is 4.52. The highest BCUT2D eigenvalue weighted by Gasteiger charge is 2.22. The number of nitrogens with zero attached hydrogens (tertiary/aromatic N) is 1. The van der Waals surface area contributed by atoms with Crippen molar-refractivity contribution >= 4 is 10.0 Å². The predicted molar refractivity (Wildman–Crippen MR) is 103 cm³/mol. The first-order chi connectivity index (χ1) is 12.4. The zero-order valence-electron chi connectivity index (χ0n) is 15.5. The van der Waals surface area contributed by atoms with Gasteiger partial charge in [-0.25, -0.2) is 13.1 Å². The number of rotatable bonds is 7. The Hall–Kier alpha value is -1.89. The third-order valence-corrected chi connectivity index (χ3v) is 6.37. The second-order valence-corrected chi connectivity index (χ2v) is 8.66. The minimum Gasteiger partial charge on any atom is -0.497 e. The third-order valence-electron chi connectivity index (χ3n) is 4.95. The summed E-state index contributed by atoms with van der Waals surface area (Å²) in [6.07, 6.45) is 3.11. The lowest BCUT2D eigenvalue weighted by atomic mass is 10.1. The second kappa shape index (κ2) is 7.78. The molecule has 5 nitrogen and oxygen atoms in total. The van der Waals surface area contributed by atoms with Gasteiger partial charge in [-0.05, 0) is 74.3 Å². The molecule has 2 aromatic rings. The van der Waals surface area contributed by atoms with Gasteiger partial charge in [0.2, 0.25) is 10.0 Å². The average Bonchev–Trinajstić information content (AvgIpc) is 3.09. The van der Waals surface area contributed by atoms with Crippen LogP contribution in [0.15, 0.2) is 47.4 Å². The van der Waals surface area contributed by atoms with E-state index in [1.807, 2.05) is 55.4 Å². The van der Waals surface area contributed by atoms with Crippen LogP contribution in [0.2, 0.25) is 0 Å². The van der Waals surface area contributed by atoms with E-state index in [9.17, 15) is 8.42 Å². The van der Waals surface area contributed by atoms with Gasteiger partial charge in [0, 0.05) is 12.6 Å². The highest BCUT2D eigenvalue weighted by atomic mass is 32.2. The minimum absolute atomic E-state index is 0.0886. The van der Waals surface area contributed by atoms with Crippen molar-refractivity contribution in [3.63, 3.8) is 0 Å². The van der Waals surface area contributed by atoms with E-state index < -0.39 is 10.0 Å². The molecule has 0 radical (unpaired) electrons. The standard InChI is InChI=1S/C20H26N2O3S/c1-22(2)20(17-8-5-9-18(12-17)25-3)14-21-26(23,24)19-11-10-15-6-4-7-16(15)13-19/h5,8-13,20-21H,4,6-7,14H2,1-3H3/t20-/m1/s1. The Morgan fingerprint density at radius 1 is 1.12 bits per heavy atom. The second-order valence-electron chi connectivity index (χ2n) is 6.89. The van der Waals surface area contributed by atoms with Crippen LogP contribution in [-0.2, 0) is 22.9 Å². The highest BCUT2D eigenvalue weighted by Crippen LogP contribution is 2.26. The Bertz CT molecular complexity index is 878. The Labute approximate surface area is 156 Å². The van der Waals surface area contributed by atoms with Gasteiger partial charge in [0.1, 0.15) is 5.75 Å². The molecule has 26 heavy (non-hydrogen) atoms. The molecular formula is C20H26N2O3S. The fraction of sp³-hybridized carbons (Fsp3) is 0.400. The van der Waals surface area contributed by atoms with Gasteiger partial charge in [-0.2, -0.15) is 0 Å². The van der Waals surface area contributed by atoms with Gasteiger partial charge in [-0.15, -0.1) is 0 Å². The number of benzene rings is 2. The van der Waals surface area contributed by atoms with Gasteiger partial charge in [0.25, 0.3) is 0 Å². The summed E-state index contributed by atoms with van der Waals surface area (Å²) in [7, 11) is 1.96. The van der Waals surface area contributed by atoms with Crippen LogP contribution < -0.4 is 9.46 Å². The van der Waals surface area contributed by atoms with Crippen molar-refractivity contribution in [2.75, 3.05) is 27.7 Å². The Kier molecular flexibility index (Phi) is 5.65. The lowest BCUT2D eigenvalue weighted by Crippen LogP contribution is -2.34. The van der Waals surface area contributed by atoms with Gasteiger partial charge < -0.3 is 9.64 Å². The molecule has 0 saturated heterocycles. The number of sulfonamides is 1. The van der Waals surface area contributed by atoms with Crippen molar-refractivity contribution < 1.29 is 13.2 Å². The molecular weight excluding hydrogens is 348 g/mol. The van der Waals surface area contributed by atoms with Crippen LogP contribution in [0.25, 0.3) is 0 Å². The van der Waals surface area contributed by atoms with Gasteiger partial charge in [-0.1, -0.05) is 18.2 Å². The molecule has 6 heteroatoms. The molecule has 3 rings (SSSR count). The van der Waals surface area contributed by atoms with Gasteiger partial charge in [0.15, 0.2) is 0 Å². The fourth-order valence-electron chi connectivity index (χ4n) is 3.43. The first-order valence-electron chi connectivity index (χ1n) is 8.82. The predicted octanol–water partition coefficient (Wildman–Crippen LogP) is 2.77. The van der Waals surface area contributed by atoms with Crippen LogP contribution in [-0.4, -0.2) is 41.1 Å². The number of ether oxygens (including phenoxy) is 1. The highest BCUT2D eigenvalue weighted by molar-refractivity contribution is 7.89. The molecule has 1 aliphatic rings. The quantitative estimate of drug-likeness (QED) is 0.810. The number of fused-ring (bicyclic) bond motifs is 1. The topological polar surface area (TPSA) is 58.6 Å². The normalized spacial score (nSPS) is 15.1.